The molecule has 1 heterocycles. The number of hydrogen-bond donors (Lipinski definition) is 1. The second-order valence-electron chi connectivity index (χ2n) is 6.23. The molecule has 126 valence electrons. The highest BCUT2D eigenvalue weighted by molar-refractivity contribution is 5.86. The number of nitrogens with zero attached hydrogens (tertiary/aromatic N) is 2. The first-order valence-electron chi connectivity index (χ1n) is 8.02. The number of nitrogen functional groups attached to an aromatic ring is 1. The molecule has 1 aliphatic carbocycles. The molecular weight excluding hydrogens is 318 g/mol. The van der Waals surface area contributed by atoms with Gasteiger partial charge in [-0.15, -0.1) is 0 Å². The Morgan fingerprint density at radius 2 is 1.56 bits per heavy atom. The van der Waals surface area contributed by atoms with E-state index in [4.69, 9.17) is 10.5 Å². The van der Waals surface area contributed by atoms with Crippen LogP contribution in [0.25, 0.3) is 22.4 Å². The van der Waals surface area contributed by atoms with Crippen LogP contribution < -0.4 is 5.73 Å². The molecule has 0 aliphatic heterocycles. The maximum Gasteiger partial charge on any atom is 0.316 e. The van der Waals surface area contributed by atoms with Crippen LogP contribution in [0.5, 0.6) is 0 Å². The molecule has 0 bridgehead atoms. The number of hydrogen-bond acceptors (Lipinski definition) is 6. The maximum absolute atomic E-state index is 12.0. The van der Waals surface area contributed by atoms with Gasteiger partial charge in [-0.2, -0.15) is 0 Å². The first kappa shape index (κ1) is 15.4. The SMILES string of the molecule is COC(=O)C1(c2ccc(-c3ccc(-c4nonc4N)cc3)cc2)CC1. The van der Waals surface area contributed by atoms with Crippen LogP contribution in [0.2, 0.25) is 0 Å². The van der Waals surface area contributed by atoms with Gasteiger partial charge in [0.1, 0.15) is 0 Å². The molecule has 2 aromatic carbocycles. The predicted molar refractivity (Wildman–Crippen MR) is 92.5 cm³/mol. The van der Waals surface area contributed by atoms with Crippen molar-refractivity contribution in [2.24, 2.45) is 0 Å². The molecule has 3 aromatic rings. The Morgan fingerprint density at radius 1 is 1.00 bits per heavy atom. The molecule has 6 nitrogen and oxygen atoms in total. The summed E-state index contributed by atoms with van der Waals surface area (Å²) in [7, 11) is 1.44. The fraction of sp³-hybridized carbons (Fsp3) is 0.211. The molecular formula is C19H17N3O3. The zero-order valence-corrected chi connectivity index (χ0v) is 13.7. The Bertz CT molecular complexity index is 910. The molecule has 2 N–H and O–H groups in total. The van der Waals surface area contributed by atoms with Crippen LogP contribution in [-0.4, -0.2) is 23.4 Å². The van der Waals surface area contributed by atoms with Gasteiger partial charge in [0.25, 0.3) is 0 Å². The number of methoxy groups -OCH3 is 1. The van der Waals surface area contributed by atoms with E-state index in [-0.39, 0.29) is 11.8 Å². The number of esters is 1. The second-order valence-corrected chi connectivity index (χ2v) is 6.23. The minimum Gasteiger partial charge on any atom is -0.468 e. The number of benzene rings is 2. The molecule has 1 fully saturated rings. The quantitative estimate of drug-likeness (QED) is 0.736. The van der Waals surface area contributed by atoms with E-state index in [0.29, 0.717) is 5.69 Å². The predicted octanol–water partition coefficient (Wildman–Crippen LogP) is 3.19. The molecule has 1 saturated carbocycles. The number of anilines is 1. The fourth-order valence-electron chi connectivity index (χ4n) is 3.13. The van der Waals surface area contributed by atoms with Gasteiger partial charge in [0.15, 0.2) is 11.5 Å². The third-order valence-electron chi connectivity index (χ3n) is 4.77. The van der Waals surface area contributed by atoms with Crippen LogP contribution in [0.15, 0.2) is 53.2 Å². The van der Waals surface area contributed by atoms with Gasteiger partial charge in [-0.05, 0) is 39.8 Å². The average Bonchev–Trinajstić information content (AvgIpc) is 3.37. The van der Waals surface area contributed by atoms with Gasteiger partial charge in [0.2, 0.25) is 0 Å². The number of carbonyl (C=O) groups excluding carboxylic acids is 1. The van der Waals surface area contributed by atoms with E-state index in [9.17, 15) is 4.79 Å². The summed E-state index contributed by atoms with van der Waals surface area (Å²) in [5.74, 6) is 0.123. The lowest BCUT2D eigenvalue weighted by atomic mass is 9.93. The summed E-state index contributed by atoms with van der Waals surface area (Å²) >= 11 is 0. The molecule has 1 aliphatic rings. The summed E-state index contributed by atoms with van der Waals surface area (Å²) in [6, 6.07) is 15.9. The van der Waals surface area contributed by atoms with Crippen molar-refractivity contribution in [3.8, 4) is 22.4 Å². The number of ether oxygens (including phenoxy) is 1. The Morgan fingerprint density at radius 3 is 2.04 bits per heavy atom. The van der Waals surface area contributed by atoms with Gasteiger partial charge in [-0.25, -0.2) is 4.63 Å². The third-order valence-corrected chi connectivity index (χ3v) is 4.77. The lowest BCUT2D eigenvalue weighted by molar-refractivity contribution is -0.143. The molecule has 4 rings (SSSR count). The van der Waals surface area contributed by atoms with Crippen LogP contribution in [0, 0.1) is 0 Å². The van der Waals surface area contributed by atoms with Crippen LogP contribution in [-0.2, 0) is 14.9 Å². The van der Waals surface area contributed by atoms with Crippen molar-refractivity contribution >= 4 is 11.8 Å². The highest BCUT2D eigenvalue weighted by Gasteiger charge is 2.52. The summed E-state index contributed by atoms with van der Waals surface area (Å²) in [5.41, 5.74) is 9.82. The summed E-state index contributed by atoms with van der Waals surface area (Å²) in [4.78, 5) is 12.0. The topological polar surface area (TPSA) is 91.2 Å². The molecule has 0 amide bonds. The molecule has 25 heavy (non-hydrogen) atoms. The lowest BCUT2D eigenvalue weighted by Crippen LogP contribution is -2.21. The first-order valence-corrected chi connectivity index (χ1v) is 8.02. The van der Waals surface area contributed by atoms with Gasteiger partial charge < -0.3 is 10.5 Å². The first-order chi connectivity index (χ1) is 12.1. The van der Waals surface area contributed by atoms with Crippen molar-refractivity contribution < 1.29 is 14.2 Å². The fourth-order valence-corrected chi connectivity index (χ4v) is 3.13. The summed E-state index contributed by atoms with van der Waals surface area (Å²) in [6.07, 6.45) is 1.70. The number of aromatic nitrogens is 2. The maximum atomic E-state index is 12.0. The zero-order chi connectivity index (χ0) is 17.4. The third kappa shape index (κ3) is 2.55. The van der Waals surface area contributed by atoms with E-state index in [2.05, 4.69) is 14.9 Å². The summed E-state index contributed by atoms with van der Waals surface area (Å²) < 4.78 is 9.57. The Balaban J connectivity index is 1.59. The molecule has 0 radical (unpaired) electrons. The van der Waals surface area contributed by atoms with Crippen molar-refractivity contribution in [1.29, 1.82) is 0 Å². The van der Waals surface area contributed by atoms with E-state index >= 15 is 0 Å². The largest absolute Gasteiger partial charge is 0.468 e. The standard InChI is InChI=1S/C19H17N3O3/c1-24-18(23)19(10-11-19)15-8-6-13(7-9-15)12-2-4-14(5-3-12)16-17(20)22-25-21-16/h2-9H,10-11H2,1H3,(H2,20,22). The number of carbonyl (C=O) groups is 1. The van der Waals surface area contributed by atoms with Crippen molar-refractivity contribution in [3.63, 3.8) is 0 Å². The summed E-state index contributed by atoms with van der Waals surface area (Å²) in [6.45, 7) is 0. The van der Waals surface area contributed by atoms with E-state index in [1.54, 1.807) is 0 Å². The highest BCUT2D eigenvalue weighted by atomic mass is 16.6. The number of nitrogens with two attached hydrogens (primary N) is 1. The van der Waals surface area contributed by atoms with Gasteiger partial charge in [-0.3, -0.25) is 4.79 Å². The van der Waals surface area contributed by atoms with Crippen molar-refractivity contribution in [2.75, 3.05) is 12.8 Å². The minimum atomic E-state index is -0.436. The zero-order valence-electron chi connectivity index (χ0n) is 13.7. The monoisotopic (exact) mass is 335 g/mol. The molecule has 6 heteroatoms. The van der Waals surface area contributed by atoms with E-state index in [0.717, 1.165) is 35.1 Å². The second kappa shape index (κ2) is 5.73. The van der Waals surface area contributed by atoms with Gasteiger partial charge in [0, 0.05) is 5.56 Å². The normalized spacial score (nSPS) is 14.9. The van der Waals surface area contributed by atoms with Crippen LogP contribution >= 0.6 is 0 Å². The van der Waals surface area contributed by atoms with Crippen LogP contribution in [0.4, 0.5) is 5.82 Å². The molecule has 1 aromatic heterocycles. The Kier molecular flexibility index (Phi) is 3.53. The van der Waals surface area contributed by atoms with E-state index < -0.39 is 5.41 Å². The van der Waals surface area contributed by atoms with Gasteiger partial charge in [0.05, 0.1) is 12.5 Å². The van der Waals surface area contributed by atoms with E-state index in [1.165, 1.54) is 7.11 Å². The van der Waals surface area contributed by atoms with Crippen molar-refractivity contribution in [1.82, 2.24) is 10.3 Å². The van der Waals surface area contributed by atoms with E-state index in [1.807, 2.05) is 48.5 Å². The minimum absolute atomic E-state index is 0.150. The Hall–Kier alpha value is -3.15. The van der Waals surface area contributed by atoms with Gasteiger partial charge in [-0.1, -0.05) is 48.5 Å². The van der Waals surface area contributed by atoms with Crippen LogP contribution in [0.3, 0.4) is 0 Å². The van der Waals surface area contributed by atoms with Crippen molar-refractivity contribution in [3.05, 3.63) is 54.1 Å². The Labute approximate surface area is 144 Å². The number of rotatable bonds is 4. The molecule has 0 spiro atoms. The van der Waals surface area contributed by atoms with Crippen LogP contribution in [0.1, 0.15) is 18.4 Å². The molecule has 0 atom stereocenters. The average molecular weight is 335 g/mol. The molecule has 0 unspecified atom stereocenters. The van der Waals surface area contributed by atoms with Crippen molar-refractivity contribution in [2.45, 2.75) is 18.3 Å². The smallest absolute Gasteiger partial charge is 0.316 e. The highest BCUT2D eigenvalue weighted by Crippen LogP contribution is 2.49. The molecule has 0 saturated heterocycles. The van der Waals surface area contributed by atoms with Gasteiger partial charge >= 0.3 is 5.97 Å². The lowest BCUT2D eigenvalue weighted by Gasteiger charge is -2.13. The summed E-state index contributed by atoms with van der Waals surface area (Å²) in [5, 5.41) is 7.39.